The molecule has 5 nitrogen and oxygen atoms in total. The SMILES string of the molecule is CC(C)C(N)C(=O)N1CCC1C(N)=O. The zero-order valence-corrected chi connectivity index (χ0v) is 8.56. The van der Waals surface area contributed by atoms with Gasteiger partial charge in [0.2, 0.25) is 11.8 Å². The van der Waals surface area contributed by atoms with E-state index in [1.165, 1.54) is 4.90 Å². The van der Waals surface area contributed by atoms with Gasteiger partial charge in [-0.1, -0.05) is 13.8 Å². The Kier molecular flexibility index (Phi) is 3.10. The third-order valence-electron chi connectivity index (χ3n) is 2.63. The molecule has 0 aromatic heterocycles. The summed E-state index contributed by atoms with van der Waals surface area (Å²) < 4.78 is 0. The summed E-state index contributed by atoms with van der Waals surface area (Å²) in [5.74, 6) is -0.535. The summed E-state index contributed by atoms with van der Waals surface area (Å²) in [5.41, 5.74) is 10.8. The normalized spacial score (nSPS) is 23.1. The smallest absolute Gasteiger partial charge is 0.240 e. The van der Waals surface area contributed by atoms with Gasteiger partial charge in [0.1, 0.15) is 6.04 Å². The fourth-order valence-electron chi connectivity index (χ4n) is 1.42. The highest BCUT2D eigenvalue weighted by atomic mass is 16.2. The molecule has 4 N–H and O–H groups in total. The maximum Gasteiger partial charge on any atom is 0.240 e. The molecule has 5 heteroatoms. The van der Waals surface area contributed by atoms with E-state index < -0.39 is 18.0 Å². The van der Waals surface area contributed by atoms with Gasteiger partial charge in [-0.3, -0.25) is 9.59 Å². The van der Waals surface area contributed by atoms with Crippen LogP contribution >= 0.6 is 0 Å². The lowest BCUT2D eigenvalue weighted by Gasteiger charge is -2.40. The Bertz CT molecular complexity index is 252. The predicted octanol–water partition coefficient (Wildman–Crippen LogP) is -0.944. The summed E-state index contributed by atoms with van der Waals surface area (Å²) in [4.78, 5) is 24.0. The molecule has 1 fully saturated rings. The highest BCUT2D eigenvalue weighted by Crippen LogP contribution is 2.19. The molecule has 0 spiro atoms. The number of hydrogen-bond donors (Lipinski definition) is 2. The average Bonchev–Trinajstić information content (AvgIpc) is 1.99. The first kappa shape index (κ1) is 11.0. The third-order valence-corrected chi connectivity index (χ3v) is 2.63. The van der Waals surface area contributed by atoms with Crippen LogP contribution in [0.4, 0.5) is 0 Å². The minimum atomic E-state index is -0.530. The lowest BCUT2D eigenvalue weighted by Crippen LogP contribution is -2.61. The van der Waals surface area contributed by atoms with E-state index in [1.54, 1.807) is 0 Å². The van der Waals surface area contributed by atoms with Crippen LogP contribution in [0.5, 0.6) is 0 Å². The number of likely N-dealkylation sites (tertiary alicyclic amines) is 1. The molecule has 2 atom stereocenters. The van der Waals surface area contributed by atoms with Crippen molar-refractivity contribution in [3.63, 3.8) is 0 Å². The molecule has 14 heavy (non-hydrogen) atoms. The van der Waals surface area contributed by atoms with Gasteiger partial charge in [0.25, 0.3) is 0 Å². The van der Waals surface area contributed by atoms with Crippen molar-refractivity contribution in [2.45, 2.75) is 32.4 Å². The number of nitrogens with zero attached hydrogens (tertiary/aromatic N) is 1. The van der Waals surface area contributed by atoms with E-state index in [9.17, 15) is 9.59 Å². The molecule has 0 radical (unpaired) electrons. The molecule has 2 unspecified atom stereocenters. The van der Waals surface area contributed by atoms with Gasteiger partial charge in [-0.2, -0.15) is 0 Å². The Morgan fingerprint density at radius 3 is 2.29 bits per heavy atom. The van der Waals surface area contributed by atoms with E-state index in [4.69, 9.17) is 11.5 Å². The summed E-state index contributed by atoms with van der Waals surface area (Å²) >= 11 is 0. The van der Waals surface area contributed by atoms with Crippen LogP contribution in [0.1, 0.15) is 20.3 Å². The van der Waals surface area contributed by atoms with Crippen LogP contribution in [-0.2, 0) is 9.59 Å². The van der Waals surface area contributed by atoms with E-state index in [0.29, 0.717) is 13.0 Å². The van der Waals surface area contributed by atoms with Crippen LogP contribution in [0.3, 0.4) is 0 Å². The monoisotopic (exact) mass is 199 g/mol. The fraction of sp³-hybridized carbons (Fsp3) is 0.778. The van der Waals surface area contributed by atoms with Crippen molar-refractivity contribution in [2.24, 2.45) is 17.4 Å². The number of nitrogens with two attached hydrogens (primary N) is 2. The maximum absolute atomic E-state index is 11.7. The van der Waals surface area contributed by atoms with Crippen molar-refractivity contribution in [1.82, 2.24) is 4.90 Å². The Hall–Kier alpha value is -1.10. The standard InChI is InChI=1S/C9H17N3O2/c1-5(2)7(10)9(14)12-4-3-6(12)8(11)13/h5-7H,3-4,10H2,1-2H3,(H2,11,13). The zero-order valence-electron chi connectivity index (χ0n) is 8.56. The van der Waals surface area contributed by atoms with Gasteiger partial charge in [-0.15, -0.1) is 0 Å². The zero-order chi connectivity index (χ0) is 10.9. The van der Waals surface area contributed by atoms with Gasteiger partial charge in [0.05, 0.1) is 6.04 Å². The minimum absolute atomic E-state index is 0.0802. The second kappa shape index (κ2) is 3.96. The van der Waals surface area contributed by atoms with Crippen molar-refractivity contribution in [1.29, 1.82) is 0 Å². The number of primary amides is 1. The molecular weight excluding hydrogens is 182 g/mol. The summed E-state index contributed by atoms with van der Waals surface area (Å²) in [7, 11) is 0. The van der Waals surface area contributed by atoms with Crippen LogP contribution in [0.2, 0.25) is 0 Å². The van der Waals surface area contributed by atoms with E-state index >= 15 is 0 Å². The molecule has 1 saturated heterocycles. The van der Waals surface area contributed by atoms with Gasteiger partial charge in [-0.05, 0) is 12.3 Å². The number of amides is 2. The van der Waals surface area contributed by atoms with Gasteiger partial charge >= 0.3 is 0 Å². The quantitative estimate of drug-likeness (QED) is 0.614. The Morgan fingerprint density at radius 2 is 2.00 bits per heavy atom. The van der Waals surface area contributed by atoms with E-state index in [0.717, 1.165) is 0 Å². The van der Waals surface area contributed by atoms with Crippen molar-refractivity contribution in [2.75, 3.05) is 6.54 Å². The summed E-state index contributed by atoms with van der Waals surface area (Å²) in [6.45, 7) is 4.34. The number of carbonyl (C=O) groups is 2. The van der Waals surface area contributed by atoms with E-state index in [2.05, 4.69) is 0 Å². The highest BCUT2D eigenvalue weighted by molar-refractivity contribution is 5.90. The van der Waals surface area contributed by atoms with Gasteiger partial charge in [0, 0.05) is 6.54 Å². The largest absolute Gasteiger partial charge is 0.368 e. The number of hydrogen-bond acceptors (Lipinski definition) is 3. The predicted molar refractivity (Wildman–Crippen MR) is 52.1 cm³/mol. The van der Waals surface area contributed by atoms with Crippen molar-refractivity contribution in [3.05, 3.63) is 0 Å². The van der Waals surface area contributed by atoms with Gasteiger partial charge < -0.3 is 16.4 Å². The summed E-state index contributed by atoms with van der Waals surface area (Å²) in [6, 6.07) is -0.968. The Balaban J connectivity index is 2.58. The summed E-state index contributed by atoms with van der Waals surface area (Å²) in [6.07, 6.45) is 0.659. The van der Waals surface area contributed by atoms with Gasteiger partial charge in [0.15, 0.2) is 0 Å². The molecule has 1 rings (SSSR count). The summed E-state index contributed by atoms with van der Waals surface area (Å²) in [5, 5.41) is 0. The molecule has 0 bridgehead atoms. The molecule has 1 aliphatic rings. The second-order valence-corrected chi connectivity index (χ2v) is 4.01. The Morgan fingerprint density at radius 1 is 1.43 bits per heavy atom. The Labute approximate surface area is 83.4 Å². The van der Waals surface area contributed by atoms with Crippen LogP contribution in [0, 0.1) is 5.92 Å². The van der Waals surface area contributed by atoms with Crippen LogP contribution in [-0.4, -0.2) is 35.3 Å². The maximum atomic E-state index is 11.7. The molecule has 1 heterocycles. The van der Waals surface area contributed by atoms with E-state index in [-0.39, 0.29) is 11.8 Å². The van der Waals surface area contributed by atoms with Crippen molar-refractivity contribution in [3.8, 4) is 0 Å². The first-order valence-electron chi connectivity index (χ1n) is 4.80. The minimum Gasteiger partial charge on any atom is -0.368 e. The third kappa shape index (κ3) is 1.87. The lowest BCUT2D eigenvalue weighted by molar-refractivity contribution is -0.147. The molecule has 0 saturated carbocycles. The molecular formula is C9H17N3O2. The van der Waals surface area contributed by atoms with Crippen LogP contribution in [0.25, 0.3) is 0 Å². The first-order valence-corrected chi connectivity index (χ1v) is 4.80. The molecule has 80 valence electrons. The topological polar surface area (TPSA) is 89.4 Å². The molecule has 1 aliphatic heterocycles. The van der Waals surface area contributed by atoms with Crippen molar-refractivity contribution >= 4 is 11.8 Å². The number of carbonyl (C=O) groups excluding carboxylic acids is 2. The van der Waals surface area contributed by atoms with E-state index in [1.807, 2.05) is 13.8 Å². The van der Waals surface area contributed by atoms with Crippen LogP contribution in [0.15, 0.2) is 0 Å². The first-order chi connectivity index (χ1) is 6.45. The average molecular weight is 199 g/mol. The number of rotatable bonds is 3. The fourth-order valence-corrected chi connectivity index (χ4v) is 1.42. The highest BCUT2D eigenvalue weighted by Gasteiger charge is 2.38. The lowest BCUT2D eigenvalue weighted by atomic mass is 9.97. The van der Waals surface area contributed by atoms with Crippen LogP contribution < -0.4 is 11.5 Å². The van der Waals surface area contributed by atoms with Gasteiger partial charge in [-0.25, -0.2) is 0 Å². The van der Waals surface area contributed by atoms with Crippen molar-refractivity contribution < 1.29 is 9.59 Å². The molecule has 0 aromatic rings. The molecule has 0 aromatic carbocycles. The molecule has 2 amide bonds. The molecule has 0 aliphatic carbocycles. The second-order valence-electron chi connectivity index (χ2n) is 4.01.